The predicted molar refractivity (Wildman–Crippen MR) is 100 cm³/mol. The summed E-state index contributed by atoms with van der Waals surface area (Å²) in [5.41, 5.74) is 51.9. The van der Waals surface area contributed by atoms with Crippen LogP contribution >= 0.6 is 0 Å². The minimum Gasteiger partial charge on any atom is -0.398 e. The number of rotatable bonds is 0. The van der Waals surface area contributed by atoms with Crippen LogP contribution < -0.4 is 45.9 Å². The summed E-state index contributed by atoms with van der Waals surface area (Å²) in [4.78, 5) is 12.3. The Kier molecular flexibility index (Phi) is 2.62. The Morgan fingerprint density at radius 3 is 1.76 bits per heavy atom. The van der Waals surface area contributed by atoms with Gasteiger partial charge in [0.15, 0.2) is 5.78 Å². The molecule has 0 saturated heterocycles. The number of anilines is 6. The fourth-order valence-corrected chi connectivity index (χ4v) is 4.12. The molecule has 0 spiro atoms. The maximum Gasteiger partial charge on any atom is 0.165 e. The molecule has 0 atom stereocenters. The third-order valence-electron chi connectivity index (χ3n) is 5.30. The highest BCUT2D eigenvalue weighted by molar-refractivity contribution is 6.14. The van der Waals surface area contributed by atoms with Crippen LogP contribution in [0.2, 0.25) is 0 Å². The first-order valence-corrected chi connectivity index (χ1v) is 7.72. The molecular weight excluding hydrogens is 320 g/mol. The SMILES string of the molecule is Nc1c(N)c(N)c2c(c1N)-c1c(N)c3c(c(N)c1C2(N)N)C(=O)CC3. The summed E-state index contributed by atoms with van der Waals surface area (Å²) in [6.45, 7) is 0. The van der Waals surface area contributed by atoms with E-state index in [9.17, 15) is 4.79 Å². The summed E-state index contributed by atoms with van der Waals surface area (Å²) in [5, 5.41) is 0. The van der Waals surface area contributed by atoms with E-state index in [1.807, 2.05) is 0 Å². The molecule has 0 aliphatic heterocycles. The Bertz CT molecular complexity index is 1010. The van der Waals surface area contributed by atoms with Gasteiger partial charge < -0.3 is 45.9 Å². The number of benzene rings is 2. The van der Waals surface area contributed by atoms with Gasteiger partial charge in [0, 0.05) is 39.9 Å². The molecule has 0 amide bonds. The average molecular weight is 340 g/mol. The standard InChI is InChI=1S/C16H20N8O/c17-10-3-1-2-4(25)5(3)11(18)8-6(10)7-9(16(8,23)24)13(20)15(22)14(21)12(7)19/h1-2,17-24H2. The highest BCUT2D eigenvalue weighted by atomic mass is 16.1. The molecule has 9 nitrogen and oxygen atoms in total. The highest BCUT2D eigenvalue weighted by Gasteiger charge is 2.46. The molecule has 0 heterocycles. The van der Waals surface area contributed by atoms with E-state index in [1.54, 1.807) is 0 Å². The summed E-state index contributed by atoms with van der Waals surface area (Å²) in [6.07, 6.45) is 0.831. The lowest BCUT2D eigenvalue weighted by Crippen LogP contribution is -2.46. The summed E-state index contributed by atoms with van der Waals surface area (Å²) in [5.74, 6) is -0.0891. The topological polar surface area (TPSA) is 225 Å². The van der Waals surface area contributed by atoms with Crippen molar-refractivity contribution in [2.45, 2.75) is 18.5 Å². The van der Waals surface area contributed by atoms with Crippen molar-refractivity contribution in [1.82, 2.24) is 0 Å². The summed E-state index contributed by atoms with van der Waals surface area (Å²) < 4.78 is 0. The monoisotopic (exact) mass is 340 g/mol. The fraction of sp³-hybridized carbons (Fsp3) is 0.188. The molecular formula is C16H20N8O. The van der Waals surface area contributed by atoms with Crippen molar-refractivity contribution in [3.8, 4) is 11.1 Å². The van der Waals surface area contributed by atoms with Crippen molar-refractivity contribution in [2.24, 2.45) is 11.5 Å². The second-order valence-electron chi connectivity index (χ2n) is 6.63. The van der Waals surface area contributed by atoms with Crippen molar-refractivity contribution in [2.75, 3.05) is 34.4 Å². The minimum atomic E-state index is -1.60. The number of ketones is 1. The number of carbonyl (C=O) groups is 1. The molecule has 2 aliphatic carbocycles. The number of hydrogen-bond donors (Lipinski definition) is 8. The van der Waals surface area contributed by atoms with Crippen LogP contribution in [0, 0.1) is 0 Å². The van der Waals surface area contributed by atoms with Crippen molar-refractivity contribution < 1.29 is 4.79 Å². The molecule has 2 aliphatic rings. The van der Waals surface area contributed by atoms with Crippen LogP contribution in [0.3, 0.4) is 0 Å². The fourth-order valence-electron chi connectivity index (χ4n) is 4.12. The zero-order chi connectivity index (χ0) is 18.4. The minimum absolute atomic E-state index is 0.0891. The van der Waals surface area contributed by atoms with Gasteiger partial charge in [-0.1, -0.05) is 0 Å². The zero-order valence-corrected chi connectivity index (χ0v) is 13.4. The van der Waals surface area contributed by atoms with E-state index in [4.69, 9.17) is 45.9 Å². The Morgan fingerprint density at radius 1 is 0.600 bits per heavy atom. The van der Waals surface area contributed by atoms with E-state index in [1.165, 1.54) is 0 Å². The second kappa shape index (κ2) is 4.26. The Labute approximate surface area is 143 Å². The van der Waals surface area contributed by atoms with Gasteiger partial charge in [-0.3, -0.25) is 4.79 Å². The lowest BCUT2D eigenvalue weighted by molar-refractivity contribution is 0.0995. The number of Topliss-reactive ketones (excluding diaryl/α,β-unsaturated/α-hetero) is 1. The van der Waals surface area contributed by atoms with Crippen LogP contribution in [0.5, 0.6) is 0 Å². The number of carbonyl (C=O) groups excluding carboxylic acids is 1. The molecule has 16 N–H and O–H groups in total. The number of nitrogen functional groups attached to an aromatic ring is 6. The molecule has 0 aromatic heterocycles. The first-order chi connectivity index (χ1) is 11.6. The maximum absolute atomic E-state index is 12.3. The largest absolute Gasteiger partial charge is 0.398 e. The number of nitrogens with two attached hydrogens (primary N) is 8. The first kappa shape index (κ1) is 15.4. The third kappa shape index (κ3) is 1.51. The van der Waals surface area contributed by atoms with Gasteiger partial charge in [-0.2, -0.15) is 0 Å². The van der Waals surface area contributed by atoms with Gasteiger partial charge in [-0.15, -0.1) is 0 Å². The lowest BCUT2D eigenvalue weighted by Gasteiger charge is -2.26. The molecule has 0 bridgehead atoms. The van der Waals surface area contributed by atoms with Crippen molar-refractivity contribution in [1.29, 1.82) is 0 Å². The highest BCUT2D eigenvalue weighted by Crippen LogP contribution is 2.58. The van der Waals surface area contributed by atoms with E-state index < -0.39 is 5.66 Å². The Hall–Kier alpha value is -3.17. The van der Waals surface area contributed by atoms with Gasteiger partial charge in [0.05, 0.1) is 28.4 Å². The van der Waals surface area contributed by atoms with E-state index >= 15 is 0 Å². The van der Waals surface area contributed by atoms with E-state index in [0.29, 0.717) is 51.9 Å². The molecule has 0 fully saturated rings. The van der Waals surface area contributed by atoms with Crippen LogP contribution in [0.4, 0.5) is 34.1 Å². The smallest absolute Gasteiger partial charge is 0.165 e. The summed E-state index contributed by atoms with van der Waals surface area (Å²) >= 11 is 0. The van der Waals surface area contributed by atoms with Gasteiger partial charge in [0.25, 0.3) is 0 Å². The van der Waals surface area contributed by atoms with Gasteiger partial charge in [-0.25, -0.2) is 0 Å². The average Bonchev–Trinajstić information content (AvgIpc) is 3.04. The van der Waals surface area contributed by atoms with Crippen LogP contribution in [-0.4, -0.2) is 5.78 Å². The number of fused-ring (bicyclic) bond motifs is 4. The second-order valence-corrected chi connectivity index (χ2v) is 6.63. The van der Waals surface area contributed by atoms with Crippen molar-refractivity contribution in [3.05, 3.63) is 22.3 Å². The van der Waals surface area contributed by atoms with E-state index in [2.05, 4.69) is 0 Å². The summed E-state index contributed by atoms with van der Waals surface area (Å²) in [6, 6.07) is 0. The van der Waals surface area contributed by atoms with E-state index in [0.717, 1.165) is 0 Å². The Morgan fingerprint density at radius 2 is 1.12 bits per heavy atom. The van der Waals surface area contributed by atoms with E-state index in [-0.39, 0.29) is 34.2 Å². The Balaban J connectivity index is 2.25. The van der Waals surface area contributed by atoms with Crippen LogP contribution in [0.15, 0.2) is 0 Å². The van der Waals surface area contributed by atoms with Gasteiger partial charge >= 0.3 is 0 Å². The molecule has 0 unspecified atom stereocenters. The van der Waals surface area contributed by atoms with Crippen LogP contribution in [0.25, 0.3) is 11.1 Å². The summed E-state index contributed by atoms with van der Waals surface area (Å²) in [7, 11) is 0. The van der Waals surface area contributed by atoms with Crippen molar-refractivity contribution >= 4 is 39.9 Å². The molecule has 0 saturated carbocycles. The molecule has 4 rings (SSSR count). The van der Waals surface area contributed by atoms with Gasteiger partial charge in [0.1, 0.15) is 5.66 Å². The third-order valence-corrected chi connectivity index (χ3v) is 5.30. The predicted octanol–water partition coefficient (Wildman–Crippen LogP) is -0.592. The number of hydrogen-bond acceptors (Lipinski definition) is 9. The quantitative estimate of drug-likeness (QED) is 0.174. The van der Waals surface area contributed by atoms with Gasteiger partial charge in [-0.05, 0) is 12.0 Å². The molecule has 2 aromatic rings. The first-order valence-electron chi connectivity index (χ1n) is 7.72. The van der Waals surface area contributed by atoms with Crippen LogP contribution in [0.1, 0.15) is 33.5 Å². The van der Waals surface area contributed by atoms with Crippen LogP contribution in [-0.2, 0) is 12.1 Å². The van der Waals surface area contributed by atoms with Gasteiger partial charge in [0.2, 0.25) is 0 Å². The maximum atomic E-state index is 12.3. The lowest BCUT2D eigenvalue weighted by atomic mass is 9.91. The molecule has 9 heteroatoms. The molecule has 130 valence electrons. The molecule has 2 aromatic carbocycles. The normalized spacial score (nSPS) is 16.6. The zero-order valence-electron chi connectivity index (χ0n) is 13.4. The van der Waals surface area contributed by atoms with Crippen molar-refractivity contribution in [3.63, 3.8) is 0 Å². The molecule has 25 heavy (non-hydrogen) atoms. The molecule has 0 radical (unpaired) electrons.